The van der Waals surface area contributed by atoms with E-state index in [0.29, 0.717) is 17.8 Å². The highest BCUT2D eigenvalue weighted by Crippen LogP contribution is 2.22. The molecule has 3 aromatic rings. The quantitative estimate of drug-likeness (QED) is 0.499. The fraction of sp³-hybridized carbons (Fsp3) is 0.296. The molecule has 0 saturated carbocycles. The van der Waals surface area contributed by atoms with Gasteiger partial charge < -0.3 is 15.4 Å². The minimum atomic E-state index is -3.67. The van der Waals surface area contributed by atoms with Crippen molar-refractivity contribution in [2.45, 2.75) is 47.0 Å². The summed E-state index contributed by atoms with van der Waals surface area (Å²) in [7, 11) is 1.78. The third-order valence-corrected chi connectivity index (χ3v) is 5.10. The van der Waals surface area contributed by atoms with Gasteiger partial charge >= 0.3 is 6.68 Å². The van der Waals surface area contributed by atoms with Crippen molar-refractivity contribution in [2.24, 2.45) is 7.05 Å². The van der Waals surface area contributed by atoms with Gasteiger partial charge in [0.1, 0.15) is 12.6 Å². The molecule has 0 bridgehead atoms. The minimum absolute atomic E-state index is 0.0244. The van der Waals surface area contributed by atoms with Crippen molar-refractivity contribution in [3.8, 4) is 11.4 Å². The molecule has 2 heterocycles. The van der Waals surface area contributed by atoms with Crippen molar-refractivity contribution < 1.29 is 18.0 Å². The molecule has 194 valence electrons. The Morgan fingerprint density at radius 1 is 1.14 bits per heavy atom. The highest BCUT2D eigenvalue weighted by atomic mass is 19.4. The van der Waals surface area contributed by atoms with Crippen LogP contribution in [0, 0.1) is 6.92 Å². The second kappa shape index (κ2) is 15.2. The van der Waals surface area contributed by atoms with E-state index in [1.165, 1.54) is 0 Å². The van der Waals surface area contributed by atoms with Crippen molar-refractivity contribution in [2.75, 3.05) is 0 Å². The molecule has 1 aliphatic heterocycles. The number of carbonyl (C=O) groups excluding carboxylic acids is 1. The monoisotopic (exact) mass is 502 g/mol. The summed E-state index contributed by atoms with van der Waals surface area (Å²) >= 11 is 0. The molecule has 36 heavy (non-hydrogen) atoms. The highest BCUT2D eigenvalue weighted by molar-refractivity contribution is 5.83. The van der Waals surface area contributed by atoms with Gasteiger partial charge in [0, 0.05) is 24.9 Å². The predicted molar refractivity (Wildman–Crippen MR) is 139 cm³/mol. The van der Waals surface area contributed by atoms with Gasteiger partial charge in [0.15, 0.2) is 0 Å². The molecule has 9 heteroatoms. The number of alkyl halides is 3. The van der Waals surface area contributed by atoms with Crippen LogP contribution in [0.25, 0.3) is 22.3 Å². The van der Waals surface area contributed by atoms with E-state index >= 15 is 0 Å². The molecule has 0 radical (unpaired) electrons. The van der Waals surface area contributed by atoms with E-state index in [1.54, 1.807) is 11.6 Å². The molecule has 4 rings (SSSR count). The lowest BCUT2D eigenvalue weighted by atomic mass is 10.1. The first-order valence-electron chi connectivity index (χ1n) is 11.4. The summed E-state index contributed by atoms with van der Waals surface area (Å²) in [5, 5.41) is 7.44. The van der Waals surface area contributed by atoms with Crippen molar-refractivity contribution >= 4 is 17.7 Å². The number of fused-ring (bicyclic) bond motifs is 1. The van der Waals surface area contributed by atoms with Crippen LogP contribution in [-0.2, 0) is 18.4 Å². The number of nitrogens with one attached hydrogen (secondary N) is 2. The first kappa shape index (κ1) is 30.2. The minimum Gasteiger partial charge on any atom is -0.383 e. The topological polar surface area (TPSA) is 76.0 Å². The lowest BCUT2D eigenvalue weighted by Crippen LogP contribution is -2.32. The molecule has 1 aromatic heterocycles. The molecular weight excluding hydrogens is 469 g/mol. The van der Waals surface area contributed by atoms with E-state index in [1.807, 2.05) is 76.2 Å². The normalized spacial score (nSPS) is 13.7. The third-order valence-electron chi connectivity index (χ3n) is 5.10. The SMILES string of the molecule is C=O.CC.Cc1cc(CNC2=CC=CNC2C)c2nc(-c3ccccc3)n(C)c(=O)c2c1.FC(F)F. The second-order valence-corrected chi connectivity index (χ2v) is 7.46. The molecule has 0 spiro atoms. The molecule has 0 aliphatic carbocycles. The van der Waals surface area contributed by atoms with Gasteiger partial charge in [-0.3, -0.25) is 9.36 Å². The fourth-order valence-electron chi connectivity index (χ4n) is 3.58. The molecule has 2 N–H and O–H groups in total. The zero-order valence-corrected chi connectivity index (χ0v) is 21.2. The number of hydrogen-bond acceptors (Lipinski definition) is 5. The molecule has 0 amide bonds. The molecule has 0 saturated heterocycles. The van der Waals surface area contributed by atoms with Crippen LogP contribution in [0.15, 0.2) is 71.3 Å². The van der Waals surface area contributed by atoms with Gasteiger partial charge in [-0.15, -0.1) is 0 Å². The number of aryl methyl sites for hydroxylation is 1. The zero-order chi connectivity index (χ0) is 27.3. The Hall–Kier alpha value is -3.88. The molecular formula is C27H33F3N4O2. The number of halogens is 3. The Balaban J connectivity index is 0.000000725. The molecule has 1 atom stereocenters. The summed E-state index contributed by atoms with van der Waals surface area (Å²) in [5.74, 6) is 0.679. The standard InChI is InChI=1S/C23H24N4O.C2H6.CHF3.CH2O/c1-15-12-18(14-25-20-10-7-11-24-16(20)2)21-19(13-15)23(28)27(3)22(26-21)17-8-5-4-6-9-17;1-2;2-1(3)4;1-2/h4-13,16,24-25H,14H2,1-3H3;1-2H3;1H;1H2. The average Bonchev–Trinajstić information content (AvgIpc) is 2.88. The van der Waals surface area contributed by atoms with Gasteiger partial charge in [0.25, 0.3) is 5.56 Å². The van der Waals surface area contributed by atoms with Crippen molar-refractivity contribution in [3.63, 3.8) is 0 Å². The number of benzene rings is 2. The van der Waals surface area contributed by atoms with Gasteiger partial charge in [-0.25, -0.2) is 4.98 Å². The summed E-state index contributed by atoms with van der Waals surface area (Å²) in [6, 6.07) is 14.1. The van der Waals surface area contributed by atoms with Crippen LogP contribution in [0.2, 0.25) is 0 Å². The number of carbonyl (C=O) groups is 1. The van der Waals surface area contributed by atoms with Crippen molar-refractivity contribution in [1.82, 2.24) is 20.2 Å². The van der Waals surface area contributed by atoms with Crippen LogP contribution in [0.3, 0.4) is 0 Å². The number of rotatable bonds is 4. The number of hydrogen-bond donors (Lipinski definition) is 2. The predicted octanol–water partition coefficient (Wildman–Crippen LogP) is 5.41. The summed E-state index contributed by atoms with van der Waals surface area (Å²) in [5.41, 5.74) is 4.86. The second-order valence-electron chi connectivity index (χ2n) is 7.46. The van der Waals surface area contributed by atoms with E-state index in [2.05, 4.69) is 29.7 Å². The molecule has 6 nitrogen and oxygen atoms in total. The molecule has 2 aromatic carbocycles. The van der Waals surface area contributed by atoms with Crippen LogP contribution < -0.4 is 16.2 Å². The van der Waals surface area contributed by atoms with Gasteiger partial charge in [-0.2, -0.15) is 13.2 Å². The summed E-state index contributed by atoms with van der Waals surface area (Å²) in [6.45, 7) is 7.07. The highest BCUT2D eigenvalue weighted by Gasteiger charge is 2.15. The lowest BCUT2D eigenvalue weighted by Gasteiger charge is -2.21. The van der Waals surface area contributed by atoms with Gasteiger partial charge in [0.2, 0.25) is 0 Å². The maximum atomic E-state index is 13.1. The van der Waals surface area contributed by atoms with Gasteiger partial charge in [-0.1, -0.05) is 50.2 Å². The molecule has 0 fully saturated rings. The Kier molecular flexibility index (Phi) is 12.7. The van der Waals surface area contributed by atoms with Crippen LogP contribution in [0.1, 0.15) is 31.9 Å². The van der Waals surface area contributed by atoms with E-state index in [-0.39, 0.29) is 11.6 Å². The van der Waals surface area contributed by atoms with Crippen molar-refractivity contribution in [3.05, 3.63) is 88.0 Å². The third kappa shape index (κ3) is 8.11. The molecule has 1 unspecified atom stereocenters. The van der Waals surface area contributed by atoms with E-state index in [9.17, 15) is 18.0 Å². The largest absolute Gasteiger partial charge is 0.383 e. The Morgan fingerprint density at radius 2 is 1.75 bits per heavy atom. The maximum Gasteiger partial charge on any atom is 0.379 e. The summed E-state index contributed by atoms with van der Waals surface area (Å²) < 4.78 is 30.6. The van der Waals surface area contributed by atoms with Crippen LogP contribution in [0.5, 0.6) is 0 Å². The summed E-state index contributed by atoms with van der Waals surface area (Å²) in [4.78, 5) is 26.0. The molecule has 1 aliphatic rings. The Morgan fingerprint density at radius 3 is 2.33 bits per heavy atom. The maximum absolute atomic E-state index is 13.1. The van der Waals surface area contributed by atoms with Gasteiger partial charge in [-0.05, 0) is 49.4 Å². The zero-order valence-electron chi connectivity index (χ0n) is 21.2. The number of nitrogens with zero attached hydrogens (tertiary/aromatic N) is 2. The van der Waals surface area contributed by atoms with Crippen LogP contribution in [0.4, 0.5) is 13.2 Å². The van der Waals surface area contributed by atoms with Gasteiger partial charge in [0.05, 0.1) is 16.9 Å². The number of dihydropyridines is 1. The van der Waals surface area contributed by atoms with Crippen molar-refractivity contribution in [1.29, 1.82) is 0 Å². The van der Waals surface area contributed by atoms with Crippen LogP contribution in [-0.4, -0.2) is 29.1 Å². The lowest BCUT2D eigenvalue weighted by molar-refractivity contribution is -0.0980. The Labute approximate surface area is 209 Å². The first-order valence-corrected chi connectivity index (χ1v) is 11.4. The number of allylic oxidation sites excluding steroid dienone is 2. The van der Waals surface area contributed by atoms with E-state index in [0.717, 1.165) is 27.9 Å². The van der Waals surface area contributed by atoms with Crippen LogP contribution >= 0.6 is 0 Å². The smallest absolute Gasteiger partial charge is 0.379 e. The average molecular weight is 503 g/mol. The van der Waals surface area contributed by atoms with E-state index in [4.69, 9.17) is 9.78 Å². The summed E-state index contributed by atoms with van der Waals surface area (Å²) in [6.07, 6.45) is 5.99. The first-order chi connectivity index (χ1) is 17.3. The number of aromatic nitrogens is 2. The Bertz CT molecular complexity index is 1220. The van der Waals surface area contributed by atoms with E-state index < -0.39 is 6.68 Å². The fourth-order valence-corrected chi connectivity index (χ4v) is 3.58.